The van der Waals surface area contributed by atoms with Crippen LogP contribution in [0.15, 0.2) is 48.5 Å². The van der Waals surface area contributed by atoms with Crippen LogP contribution in [-0.2, 0) is 19.1 Å². The molecule has 9 rings (SSSR count). The number of thiophene rings is 4. The number of carbonyl (C=O) groups is 4. The molecule has 2 amide bonds. The molecule has 566 valence electrons. The van der Waals surface area contributed by atoms with E-state index in [1.54, 1.807) is 45.3 Å². The minimum atomic E-state index is -0.344. The average molecular weight is 1480 g/mol. The van der Waals surface area contributed by atoms with Crippen molar-refractivity contribution in [3.05, 3.63) is 79.9 Å². The van der Waals surface area contributed by atoms with Gasteiger partial charge in [-0.2, -0.15) is 0 Å². The van der Waals surface area contributed by atoms with Crippen LogP contribution in [0.4, 0.5) is 11.4 Å². The monoisotopic (exact) mass is 1480 g/mol. The molecule has 2 unspecified atom stereocenters. The number of unbranched alkanes of at least 4 members (excludes halogenated alkanes) is 37. The van der Waals surface area contributed by atoms with Gasteiger partial charge in [0.05, 0.1) is 66.0 Å². The molecule has 2 atom stereocenters. The fourth-order valence-electron chi connectivity index (χ4n) is 16.2. The zero-order valence-electron chi connectivity index (χ0n) is 65.4. The number of fused-ring (bicyclic) bond motifs is 8. The van der Waals surface area contributed by atoms with E-state index in [1.807, 2.05) is 0 Å². The molecule has 2 aliphatic rings. The molecule has 103 heavy (non-hydrogen) atoms. The van der Waals surface area contributed by atoms with Crippen molar-refractivity contribution in [1.82, 2.24) is 0 Å². The molecule has 0 radical (unpaired) electrons. The van der Waals surface area contributed by atoms with E-state index in [4.69, 9.17) is 9.47 Å². The van der Waals surface area contributed by atoms with Gasteiger partial charge >= 0.3 is 11.9 Å². The summed E-state index contributed by atoms with van der Waals surface area (Å²) >= 11 is 6.43. The van der Waals surface area contributed by atoms with Gasteiger partial charge in [-0.25, -0.2) is 9.59 Å². The van der Waals surface area contributed by atoms with Crippen molar-refractivity contribution < 1.29 is 28.7 Å². The zero-order valence-corrected chi connectivity index (χ0v) is 68.7. The predicted molar refractivity (Wildman–Crippen MR) is 450 cm³/mol. The van der Waals surface area contributed by atoms with E-state index in [1.165, 1.54) is 230 Å². The van der Waals surface area contributed by atoms with Crippen LogP contribution in [0.25, 0.3) is 61.9 Å². The van der Waals surface area contributed by atoms with E-state index in [0.717, 1.165) is 141 Å². The normalized spacial score (nSPS) is 14.4. The van der Waals surface area contributed by atoms with Crippen molar-refractivity contribution >= 4 is 132 Å². The van der Waals surface area contributed by atoms with E-state index in [-0.39, 0.29) is 29.7 Å². The maximum atomic E-state index is 16.1. The Morgan fingerprint density at radius 3 is 1.20 bits per heavy atom. The molecule has 0 spiro atoms. The summed E-state index contributed by atoms with van der Waals surface area (Å²) < 4.78 is 16.2. The number of nitrogens with zero attached hydrogens (tertiary/aromatic N) is 2. The number of aryl methyl sites for hydroxylation is 2. The van der Waals surface area contributed by atoms with Gasteiger partial charge in [-0.15, -0.1) is 45.3 Å². The van der Waals surface area contributed by atoms with Gasteiger partial charge in [0.2, 0.25) is 0 Å². The van der Waals surface area contributed by atoms with Gasteiger partial charge in [-0.05, 0) is 93.2 Å². The summed E-state index contributed by atoms with van der Waals surface area (Å²) in [4.78, 5) is 69.8. The highest BCUT2D eigenvalue weighted by atomic mass is 32.1. The van der Waals surface area contributed by atoms with Crippen molar-refractivity contribution in [2.75, 3.05) is 36.1 Å². The first-order valence-electron chi connectivity index (χ1n) is 42.2. The van der Waals surface area contributed by atoms with Crippen LogP contribution < -0.4 is 9.80 Å². The van der Waals surface area contributed by atoms with Gasteiger partial charge in [0.1, 0.15) is 0 Å². The molecule has 7 aromatic rings. The van der Waals surface area contributed by atoms with Crippen molar-refractivity contribution in [3.8, 4) is 10.4 Å². The molecule has 12 heteroatoms. The van der Waals surface area contributed by atoms with Crippen LogP contribution in [-0.4, -0.2) is 50.1 Å². The lowest BCUT2D eigenvalue weighted by Crippen LogP contribution is -2.34. The first kappa shape index (κ1) is 82.2. The van der Waals surface area contributed by atoms with Gasteiger partial charge in [-0.1, -0.05) is 323 Å². The van der Waals surface area contributed by atoms with Crippen molar-refractivity contribution in [2.45, 2.75) is 344 Å². The standard InChI is InChI=1S/C91H132N2O6S4/c1-9-14-19-24-29-33-35-39-44-49-58-98-90(96)78-73-61-68(8)100-84(73)79(91(97)99-59-50-45-40-36-34-30-25-20-15-10-2)74-63-75(101-85(74)78)70-55-57-72-77(62-70)103-86-80(88(94)92(82(72)86)64-67(7)51-46-41-37-31-26-21-16-11-3)81-87-83(71-56-54-66(6)60-76(71)102-87)93(89(81)95)65-69(52-47-42-28-23-18-13-5)53-48-43-38-32-27-22-17-12-4/h54-57,60-63,67,69H,9-53,58-59,64-65H2,1-8H3/b81-80+. The smallest absolute Gasteiger partial charge is 0.340 e. The minimum absolute atomic E-state index is 0.0232. The van der Waals surface area contributed by atoms with E-state index in [9.17, 15) is 9.59 Å². The van der Waals surface area contributed by atoms with E-state index < -0.39 is 0 Å². The third-order valence-corrected chi connectivity index (χ3v) is 26.9. The molecule has 0 fully saturated rings. The summed E-state index contributed by atoms with van der Waals surface area (Å²) in [5.41, 5.74) is 6.27. The number of hydrogen-bond donors (Lipinski definition) is 0. The lowest BCUT2D eigenvalue weighted by Gasteiger charge is -2.25. The van der Waals surface area contributed by atoms with Crippen molar-refractivity contribution in [1.29, 1.82) is 0 Å². The third-order valence-electron chi connectivity index (χ3n) is 22.3. The van der Waals surface area contributed by atoms with Crippen LogP contribution in [0.2, 0.25) is 0 Å². The van der Waals surface area contributed by atoms with Crippen molar-refractivity contribution in [2.24, 2.45) is 11.8 Å². The number of rotatable bonds is 54. The summed E-state index contributed by atoms with van der Waals surface area (Å²) in [5.74, 6) is -0.157. The van der Waals surface area contributed by atoms with Crippen LogP contribution >= 0.6 is 45.3 Å². The van der Waals surface area contributed by atoms with Gasteiger partial charge < -0.3 is 19.3 Å². The number of esters is 2. The predicted octanol–water partition coefficient (Wildman–Crippen LogP) is 29.7. The molecule has 3 aromatic carbocycles. The van der Waals surface area contributed by atoms with E-state index in [2.05, 4.69) is 114 Å². The summed E-state index contributed by atoms with van der Waals surface area (Å²) in [7, 11) is 0. The number of ether oxygens (including phenoxy) is 2. The molecule has 6 heterocycles. The molecule has 0 saturated carbocycles. The van der Waals surface area contributed by atoms with Crippen LogP contribution in [0.1, 0.15) is 371 Å². The highest BCUT2D eigenvalue weighted by molar-refractivity contribution is 7.24. The molecule has 8 nitrogen and oxygen atoms in total. The first-order valence-corrected chi connectivity index (χ1v) is 45.5. The lowest BCUT2D eigenvalue weighted by molar-refractivity contribution is -0.114. The van der Waals surface area contributed by atoms with E-state index >= 15 is 9.59 Å². The number of benzene rings is 3. The molecule has 0 aliphatic carbocycles. The maximum absolute atomic E-state index is 16.1. The van der Waals surface area contributed by atoms with Gasteiger partial charge in [0.15, 0.2) is 0 Å². The molecule has 4 aromatic heterocycles. The quantitative estimate of drug-likeness (QED) is 0.0214. The van der Waals surface area contributed by atoms with Gasteiger partial charge in [-0.3, -0.25) is 9.59 Å². The fourth-order valence-corrected chi connectivity index (χ4v) is 21.2. The van der Waals surface area contributed by atoms with Gasteiger partial charge in [0.25, 0.3) is 11.8 Å². The summed E-state index contributed by atoms with van der Waals surface area (Å²) in [6.07, 6.45) is 55.0. The Balaban J connectivity index is 1.07. The topological polar surface area (TPSA) is 93.2 Å². The number of amides is 2. The highest BCUT2D eigenvalue weighted by Crippen LogP contribution is 2.57. The maximum Gasteiger partial charge on any atom is 0.340 e. The zero-order chi connectivity index (χ0) is 72.7. The van der Waals surface area contributed by atoms with Crippen LogP contribution in [0.3, 0.4) is 0 Å². The molecule has 0 bridgehead atoms. The highest BCUT2D eigenvalue weighted by Gasteiger charge is 2.46. The Bertz CT molecular complexity index is 3710. The number of anilines is 2. The van der Waals surface area contributed by atoms with Crippen LogP contribution in [0, 0.1) is 25.7 Å². The number of carbonyl (C=O) groups excluding carboxylic acids is 4. The summed E-state index contributed by atoms with van der Waals surface area (Å²) in [6.45, 7) is 19.8. The molecular weight excluding hydrogens is 1350 g/mol. The summed E-state index contributed by atoms with van der Waals surface area (Å²) in [6, 6.07) is 17.5. The Morgan fingerprint density at radius 1 is 0.388 bits per heavy atom. The van der Waals surface area contributed by atoms with Crippen molar-refractivity contribution in [3.63, 3.8) is 0 Å². The Kier molecular flexibility index (Phi) is 35.4. The first-order chi connectivity index (χ1) is 50.4. The average Bonchev–Trinajstić information content (AvgIpc) is 1.55. The SMILES string of the molecule is CCCCCCCCCCCCOC(=O)c1c2cc(-c3ccc4c5c(sc4c3)/C(=C3\C(=O)N(CC(CCCCCCCC)CCCCCCCCCC)c4c3sc3cc(C)ccc43)C(=O)N5CC(C)CCCCCCCCCC)sc2c(C(=O)OCCCCCCCCCCCC)c2cc(C)sc12. The van der Waals surface area contributed by atoms with Gasteiger partial charge in [0, 0.05) is 53.8 Å². The second-order valence-electron chi connectivity index (χ2n) is 31.2. The Hall–Kier alpha value is -4.88. The fraction of sp³-hybridized carbons (Fsp3) is 0.648. The minimum Gasteiger partial charge on any atom is -0.462 e. The number of hydrogen-bond acceptors (Lipinski definition) is 10. The molecular formula is C91H132N2O6S4. The molecule has 2 aliphatic heterocycles. The second-order valence-corrected chi connectivity index (χ2v) is 35.7. The second kappa shape index (κ2) is 44.4. The van der Waals surface area contributed by atoms with E-state index in [0.29, 0.717) is 54.5 Å². The lowest BCUT2D eigenvalue weighted by atomic mass is 9.93. The largest absolute Gasteiger partial charge is 0.462 e. The summed E-state index contributed by atoms with van der Waals surface area (Å²) in [5, 5.41) is 3.59. The third kappa shape index (κ3) is 23.1. The van der Waals surface area contributed by atoms with Crippen LogP contribution in [0.5, 0.6) is 0 Å². The Morgan fingerprint density at radius 2 is 0.757 bits per heavy atom. The molecule has 0 N–H and O–H groups in total. The molecule has 0 saturated heterocycles. The Labute approximate surface area is 638 Å².